The van der Waals surface area contributed by atoms with Crippen LogP contribution in [-0.2, 0) is 4.79 Å². The molecule has 0 aromatic rings. The first kappa shape index (κ1) is 15.6. The largest absolute Gasteiger partial charge is 0.295 e. The summed E-state index contributed by atoms with van der Waals surface area (Å²) in [4.78, 5) is 11.5. The number of carbonyl (C=O) groups is 1. The summed E-state index contributed by atoms with van der Waals surface area (Å²) in [5.74, 6) is 0.285. The van der Waals surface area contributed by atoms with Crippen LogP contribution in [0.2, 0.25) is 19.6 Å². The first-order chi connectivity index (χ1) is 7.39. The van der Waals surface area contributed by atoms with Crippen LogP contribution in [0.25, 0.3) is 0 Å². The fourth-order valence-corrected chi connectivity index (χ4v) is 3.79. The van der Waals surface area contributed by atoms with E-state index < -0.39 is 8.07 Å². The second kappa shape index (κ2) is 7.83. The zero-order chi connectivity index (χ0) is 12.6. The standard InChI is InChI=1S/C14H28OSi/c1-6-7-8-9-10-11-12-14(13(2)15)16(3,4)5/h12H,6-11H2,1-5H3/b14-12-. The van der Waals surface area contributed by atoms with Gasteiger partial charge in [0.25, 0.3) is 0 Å². The van der Waals surface area contributed by atoms with Gasteiger partial charge in [-0.1, -0.05) is 58.3 Å². The van der Waals surface area contributed by atoms with Crippen molar-refractivity contribution in [2.24, 2.45) is 0 Å². The maximum absolute atomic E-state index is 11.5. The Balaban J connectivity index is 4.02. The van der Waals surface area contributed by atoms with Gasteiger partial charge in [-0.25, -0.2) is 0 Å². The molecule has 0 radical (unpaired) electrons. The van der Waals surface area contributed by atoms with Crippen molar-refractivity contribution in [1.82, 2.24) is 0 Å². The molecule has 2 heteroatoms. The van der Waals surface area contributed by atoms with Crippen LogP contribution in [0.1, 0.15) is 52.4 Å². The van der Waals surface area contributed by atoms with E-state index in [2.05, 4.69) is 32.6 Å². The molecule has 0 saturated carbocycles. The van der Waals surface area contributed by atoms with E-state index in [4.69, 9.17) is 0 Å². The predicted octanol–water partition coefficient (Wildman–Crippen LogP) is 4.74. The fraction of sp³-hybridized carbons (Fsp3) is 0.786. The smallest absolute Gasteiger partial charge is 0.151 e. The van der Waals surface area contributed by atoms with Gasteiger partial charge in [0.1, 0.15) is 0 Å². The number of unbranched alkanes of at least 4 members (excludes halogenated alkanes) is 5. The monoisotopic (exact) mass is 240 g/mol. The molecule has 0 unspecified atom stereocenters. The second-order valence-corrected chi connectivity index (χ2v) is 10.7. The van der Waals surface area contributed by atoms with Crippen LogP contribution in [0.3, 0.4) is 0 Å². The van der Waals surface area contributed by atoms with E-state index in [-0.39, 0.29) is 5.78 Å². The summed E-state index contributed by atoms with van der Waals surface area (Å²) in [5, 5.41) is 1.13. The lowest BCUT2D eigenvalue weighted by Gasteiger charge is -2.18. The number of ketones is 1. The molecule has 0 atom stereocenters. The van der Waals surface area contributed by atoms with Gasteiger partial charge in [-0.05, 0) is 25.0 Å². The van der Waals surface area contributed by atoms with Gasteiger partial charge in [0.2, 0.25) is 0 Å². The first-order valence-corrected chi connectivity index (χ1v) is 10.1. The molecule has 94 valence electrons. The summed E-state index contributed by atoms with van der Waals surface area (Å²) in [6, 6.07) is 0. The van der Waals surface area contributed by atoms with Gasteiger partial charge in [0.15, 0.2) is 5.78 Å². The van der Waals surface area contributed by atoms with Crippen molar-refractivity contribution >= 4 is 13.9 Å². The SMILES string of the molecule is CCCCCCC/C=C(/C(C)=O)[Si](C)(C)C. The molecule has 1 nitrogen and oxygen atoms in total. The minimum Gasteiger partial charge on any atom is -0.295 e. The third-order valence-electron chi connectivity index (χ3n) is 2.84. The summed E-state index contributed by atoms with van der Waals surface area (Å²) < 4.78 is 0. The molecule has 0 rings (SSSR count). The molecule has 0 aromatic heterocycles. The van der Waals surface area contributed by atoms with Crippen molar-refractivity contribution in [2.75, 3.05) is 0 Å². The highest BCUT2D eigenvalue weighted by Crippen LogP contribution is 2.17. The lowest BCUT2D eigenvalue weighted by Crippen LogP contribution is -2.28. The van der Waals surface area contributed by atoms with Crippen LogP contribution in [0.5, 0.6) is 0 Å². The molecule has 0 heterocycles. The maximum Gasteiger partial charge on any atom is 0.151 e. The van der Waals surface area contributed by atoms with Crippen LogP contribution >= 0.6 is 0 Å². The molecule has 0 N–H and O–H groups in total. The molecule has 0 aliphatic carbocycles. The Kier molecular flexibility index (Phi) is 7.65. The molecule has 16 heavy (non-hydrogen) atoms. The van der Waals surface area contributed by atoms with E-state index >= 15 is 0 Å². The predicted molar refractivity (Wildman–Crippen MR) is 75.5 cm³/mol. The van der Waals surface area contributed by atoms with Crippen LogP contribution in [0.4, 0.5) is 0 Å². The Morgan fingerprint density at radius 3 is 2.06 bits per heavy atom. The molecular formula is C14H28OSi. The maximum atomic E-state index is 11.5. The Hall–Kier alpha value is -0.373. The average molecular weight is 240 g/mol. The second-order valence-electron chi connectivity index (χ2n) is 5.63. The molecule has 0 bridgehead atoms. The molecule has 0 amide bonds. The quantitative estimate of drug-likeness (QED) is 0.340. The van der Waals surface area contributed by atoms with Crippen molar-refractivity contribution in [3.05, 3.63) is 11.3 Å². The van der Waals surface area contributed by atoms with E-state index in [9.17, 15) is 4.79 Å². The normalized spacial score (nSPS) is 12.9. The molecule has 0 saturated heterocycles. The van der Waals surface area contributed by atoms with E-state index in [1.807, 2.05) is 0 Å². The van der Waals surface area contributed by atoms with E-state index in [1.54, 1.807) is 6.92 Å². The lowest BCUT2D eigenvalue weighted by molar-refractivity contribution is -0.113. The first-order valence-electron chi connectivity index (χ1n) is 6.61. The van der Waals surface area contributed by atoms with Crippen LogP contribution < -0.4 is 0 Å². The Morgan fingerprint density at radius 1 is 1.06 bits per heavy atom. The minimum absolute atomic E-state index is 0.285. The van der Waals surface area contributed by atoms with Crippen molar-refractivity contribution in [3.63, 3.8) is 0 Å². The highest BCUT2D eigenvalue weighted by Gasteiger charge is 2.22. The van der Waals surface area contributed by atoms with Gasteiger partial charge >= 0.3 is 0 Å². The summed E-state index contributed by atoms with van der Waals surface area (Å²) in [6.07, 6.45) is 9.82. The highest BCUT2D eigenvalue weighted by atomic mass is 28.3. The third kappa shape index (κ3) is 6.99. The van der Waals surface area contributed by atoms with Gasteiger partial charge < -0.3 is 0 Å². The third-order valence-corrected chi connectivity index (χ3v) is 5.02. The van der Waals surface area contributed by atoms with Gasteiger partial charge in [0.05, 0.1) is 8.07 Å². The Bertz CT molecular complexity index is 236. The number of hydrogen-bond donors (Lipinski definition) is 0. The number of Topliss-reactive ketones (excluding diaryl/α,β-unsaturated/α-hetero) is 1. The topological polar surface area (TPSA) is 17.1 Å². The number of allylic oxidation sites excluding steroid dienone is 2. The molecule has 0 spiro atoms. The molecule has 0 fully saturated rings. The van der Waals surface area contributed by atoms with Crippen LogP contribution in [-0.4, -0.2) is 13.9 Å². The van der Waals surface area contributed by atoms with Gasteiger partial charge in [-0.15, -0.1) is 0 Å². The number of carbonyl (C=O) groups excluding carboxylic acids is 1. The van der Waals surface area contributed by atoms with E-state index in [0.717, 1.165) is 11.6 Å². The van der Waals surface area contributed by atoms with Crippen LogP contribution in [0, 0.1) is 0 Å². The number of hydrogen-bond acceptors (Lipinski definition) is 1. The Morgan fingerprint density at radius 2 is 1.62 bits per heavy atom. The van der Waals surface area contributed by atoms with Crippen LogP contribution in [0.15, 0.2) is 11.3 Å². The van der Waals surface area contributed by atoms with Gasteiger partial charge in [-0.2, -0.15) is 0 Å². The summed E-state index contributed by atoms with van der Waals surface area (Å²) in [5.41, 5.74) is 0. The average Bonchev–Trinajstić information content (AvgIpc) is 2.13. The highest BCUT2D eigenvalue weighted by molar-refractivity contribution is 6.87. The summed E-state index contributed by atoms with van der Waals surface area (Å²) >= 11 is 0. The zero-order valence-electron chi connectivity index (χ0n) is 11.7. The summed E-state index contributed by atoms with van der Waals surface area (Å²) in [7, 11) is -1.41. The van der Waals surface area contributed by atoms with Gasteiger partial charge in [0, 0.05) is 0 Å². The van der Waals surface area contributed by atoms with Crippen molar-refractivity contribution in [3.8, 4) is 0 Å². The lowest BCUT2D eigenvalue weighted by atomic mass is 10.1. The van der Waals surface area contributed by atoms with E-state index in [0.29, 0.717) is 0 Å². The fourth-order valence-electron chi connectivity index (χ4n) is 1.97. The van der Waals surface area contributed by atoms with Crippen molar-refractivity contribution in [1.29, 1.82) is 0 Å². The molecular weight excluding hydrogens is 212 g/mol. The zero-order valence-corrected chi connectivity index (χ0v) is 12.7. The van der Waals surface area contributed by atoms with Crippen molar-refractivity contribution < 1.29 is 4.79 Å². The van der Waals surface area contributed by atoms with Gasteiger partial charge in [-0.3, -0.25) is 4.79 Å². The summed E-state index contributed by atoms with van der Waals surface area (Å²) in [6.45, 7) is 10.7. The molecule has 0 aliphatic heterocycles. The van der Waals surface area contributed by atoms with E-state index in [1.165, 1.54) is 32.1 Å². The number of rotatable bonds is 8. The molecule has 0 aromatic carbocycles. The Labute approximate surface area is 102 Å². The molecule has 0 aliphatic rings. The minimum atomic E-state index is -1.41. The van der Waals surface area contributed by atoms with Crippen molar-refractivity contribution in [2.45, 2.75) is 72.0 Å².